The highest BCUT2D eigenvalue weighted by Crippen LogP contribution is 2.17. The molecule has 1 heterocycles. The average molecular weight is 346 g/mol. The Labute approximate surface area is 130 Å². The van der Waals surface area contributed by atoms with Crippen molar-refractivity contribution in [1.82, 2.24) is 5.32 Å². The molecular weight excluding hydrogens is 328 g/mol. The minimum absolute atomic E-state index is 0.0480. The maximum atomic E-state index is 12.0. The molecule has 122 valence electrons. The third-order valence-corrected chi connectivity index (χ3v) is 6.24. The number of anilines is 1. The molecule has 7 nitrogen and oxygen atoms in total. The zero-order valence-electron chi connectivity index (χ0n) is 12.1. The summed E-state index contributed by atoms with van der Waals surface area (Å²) < 4.78 is 47.4. The lowest BCUT2D eigenvalue weighted by atomic mass is 10.2. The number of carbonyl (C=O) groups is 1. The normalized spacial score (nSPS) is 20.5. The number of amides is 1. The first kappa shape index (κ1) is 16.8. The molecule has 0 aliphatic carbocycles. The highest BCUT2D eigenvalue weighted by Gasteiger charge is 2.30. The largest absolute Gasteiger partial charge is 0.351 e. The van der Waals surface area contributed by atoms with Crippen LogP contribution in [0.25, 0.3) is 0 Å². The molecule has 0 spiro atoms. The molecule has 1 unspecified atom stereocenters. The Morgan fingerprint density at radius 3 is 2.45 bits per heavy atom. The number of benzene rings is 1. The van der Waals surface area contributed by atoms with Crippen LogP contribution in [0.1, 0.15) is 6.42 Å². The second-order valence-corrected chi connectivity index (χ2v) is 9.41. The first-order valence-electron chi connectivity index (χ1n) is 6.70. The molecule has 1 aliphatic heterocycles. The van der Waals surface area contributed by atoms with E-state index in [1.54, 1.807) is 30.3 Å². The Bertz CT molecular complexity index is 744. The summed E-state index contributed by atoms with van der Waals surface area (Å²) in [5.41, 5.74) is 0.388. The molecule has 1 aliphatic rings. The number of nitrogens with zero attached hydrogens (tertiary/aromatic N) is 1. The van der Waals surface area contributed by atoms with E-state index in [0.29, 0.717) is 12.1 Å². The Morgan fingerprint density at radius 1 is 1.32 bits per heavy atom. The van der Waals surface area contributed by atoms with E-state index < -0.39 is 31.8 Å². The number of rotatable bonds is 5. The number of sulfone groups is 1. The molecular formula is C13H18N2O5S2. The Morgan fingerprint density at radius 2 is 1.95 bits per heavy atom. The van der Waals surface area contributed by atoms with Crippen molar-refractivity contribution in [2.45, 2.75) is 12.5 Å². The van der Waals surface area contributed by atoms with Gasteiger partial charge in [-0.2, -0.15) is 0 Å². The van der Waals surface area contributed by atoms with Gasteiger partial charge in [0.05, 0.1) is 23.4 Å². The average Bonchev–Trinajstić information content (AvgIpc) is 2.75. The number of carbonyl (C=O) groups excluding carboxylic acids is 1. The molecule has 1 atom stereocenters. The second kappa shape index (κ2) is 6.25. The molecule has 1 aromatic rings. The predicted octanol–water partition coefficient (Wildman–Crippen LogP) is -0.244. The Balaban J connectivity index is 2.07. The van der Waals surface area contributed by atoms with Gasteiger partial charge in [-0.15, -0.1) is 0 Å². The standard InChI is InChI=1S/C13H18N2O5S2/c1-21(17,18)15(12-5-3-2-4-6-12)9-13(16)14-11-7-8-22(19,20)10-11/h2-6,11H,7-10H2,1H3,(H,14,16). The maximum absolute atomic E-state index is 12.0. The fourth-order valence-corrected chi connectivity index (χ4v) is 4.84. The van der Waals surface area contributed by atoms with Crippen molar-refractivity contribution < 1.29 is 21.6 Å². The molecule has 1 N–H and O–H groups in total. The lowest BCUT2D eigenvalue weighted by Crippen LogP contribution is -2.44. The third kappa shape index (κ3) is 4.44. The molecule has 1 aromatic carbocycles. The van der Waals surface area contributed by atoms with Crippen LogP contribution in [-0.2, 0) is 24.7 Å². The van der Waals surface area contributed by atoms with Gasteiger partial charge in [0, 0.05) is 6.04 Å². The summed E-state index contributed by atoms with van der Waals surface area (Å²) in [4.78, 5) is 12.0. The lowest BCUT2D eigenvalue weighted by molar-refractivity contribution is -0.120. The third-order valence-electron chi connectivity index (χ3n) is 3.33. The van der Waals surface area contributed by atoms with Crippen molar-refractivity contribution in [3.05, 3.63) is 30.3 Å². The van der Waals surface area contributed by atoms with Crippen LogP contribution in [0.2, 0.25) is 0 Å². The molecule has 9 heteroatoms. The lowest BCUT2D eigenvalue weighted by Gasteiger charge is -2.22. The molecule has 0 radical (unpaired) electrons. The smallest absolute Gasteiger partial charge is 0.241 e. The van der Waals surface area contributed by atoms with Gasteiger partial charge in [0.25, 0.3) is 0 Å². The van der Waals surface area contributed by atoms with E-state index in [2.05, 4.69) is 5.32 Å². The van der Waals surface area contributed by atoms with Gasteiger partial charge in [-0.1, -0.05) is 18.2 Å². The van der Waals surface area contributed by atoms with Gasteiger partial charge in [0.1, 0.15) is 6.54 Å². The van der Waals surface area contributed by atoms with Crippen molar-refractivity contribution in [2.24, 2.45) is 0 Å². The van der Waals surface area contributed by atoms with E-state index in [9.17, 15) is 21.6 Å². The van der Waals surface area contributed by atoms with Crippen LogP contribution in [0.3, 0.4) is 0 Å². The number of hydrogen-bond acceptors (Lipinski definition) is 5. The molecule has 0 aromatic heterocycles. The highest BCUT2D eigenvalue weighted by atomic mass is 32.2. The van der Waals surface area contributed by atoms with Crippen LogP contribution < -0.4 is 9.62 Å². The van der Waals surface area contributed by atoms with Gasteiger partial charge in [-0.3, -0.25) is 9.10 Å². The zero-order valence-corrected chi connectivity index (χ0v) is 13.7. The van der Waals surface area contributed by atoms with Crippen LogP contribution in [-0.4, -0.2) is 53.1 Å². The summed E-state index contributed by atoms with van der Waals surface area (Å²) in [7, 11) is -6.71. The van der Waals surface area contributed by atoms with E-state index >= 15 is 0 Å². The minimum atomic E-state index is -3.62. The van der Waals surface area contributed by atoms with Gasteiger partial charge < -0.3 is 5.32 Å². The van der Waals surface area contributed by atoms with Crippen LogP contribution in [0.15, 0.2) is 30.3 Å². The number of para-hydroxylation sites is 1. The van der Waals surface area contributed by atoms with Gasteiger partial charge >= 0.3 is 0 Å². The summed E-state index contributed by atoms with van der Waals surface area (Å²) in [5, 5.41) is 2.58. The van der Waals surface area contributed by atoms with Gasteiger partial charge in [-0.25, -0.2) is 16.8 Å². The van der Waals surface area contributed by atoms with Gasteiger partial charge in [0.15, 0.2) is 9.84 Å². The highest BCUT2D eigenvalue weighted by molar-refractivity contribution is 7.92. The molecule has 0 saturated carbocycles. The summed E-state index contributed by atoms with van der Waals surface area (Å²) in [6.45, 7) is -0.376. The fourth-order valence-electron chi connectivity index (χ4n) is 2.31. The van der Waals surface area contributed by atoms with Crippen LogP contribution in [0, 0.1) is 0 Å². The number of hydrogen-bond donors (Lipinski definition) is 1. The maximum Gasteiger partial charge on any atom is 0.241 e. The summed E-state index contributed by atoms with van der Waals surface area (Å²) in [5.74, 6) is -0.563. The minimum Gasteiger partial charge on any atom is -0.351 e. The van der Waals surface area contributed by atoms with Gasteiger partial charge in [-0.05, 0) is 18.6 Å². The van der Waals surface area contributed by atoms with Crippen molar-refractivity contribution in [3.8, 4) is 0 Å². The fraction of sp³-hybridized carbons (Fsp3) is 0.462. The summed E-state index contributed by atoms with van der Waals surface area (Å²) in [6, 6.07) is 7.83. The molecule has 0 bridgehead atoms. The molecule has 2 rings (SSSR count). The van der Waals surface area contributed by atoms with E-state index in [4.69, 9.17) is 0 Å². The Kier molecular flexibility index (Phi) is 4.76. The van der Waals surface area contributed by atoms with Crippen molar-refractivity contribution in [1.29, 1.82) is 0 Å². The second-order valence-electron chi connectivity index (χ2n) is 5.27. The monoisotopic (exact) mass is 346 g/mol. The zero-order chi connectivity index (χ0) is 16.4. The number of nitrogens with one attached hydrogen (secondary N) is 1. The van der Waals surface area contributed by atoms with E-state index in [-0.39, 0.29) is 18.1 Å². The first-order chi connectivity index (χ1) is 10.2. The topological polar surface area (TPSA) is 101 Å². The quantitative estimate of drug-likeness (QED) is 0.793. The Hall–Kier alpha value is -1.61. The molecule has 1 fully saturated rings. The summed E-state index contributed by atoms with van der Waals surface area (Å²) in [6.07, 6.45) is 1.38. The molecule has 1 saturated heterocycles. The summed E-state index contributed by atoms with van der Waals surface area (Å²) >= 11 is 0. The van der Waals surface area contributed by atoms with Crippen LogP contribution in [0.4, 0.5) is 5.69 Å². The van der Waals surface area contributed by atoms with Crippen molar-refractivity contribution in [2.75, 3.05) is 28.6 Å². The van der Waals surface area contributed by atoms with Gasteiger partial charge in [0.2, 0.25) is 15.9 Å². The van der Waals surface area contributed by atoms with E-state index in [1.165, 1.54) is 0 Å². The molecule has 22 heavy (non-hydrogen) atoms. The van der Waals surface area contributed by atoms with Crippen LogP contribution >= 0.6 is 0 Å². The first-order valence-corrected chi connectivity index (χ1v) is 10.4. The predicted molar refractivity (Wildman–Crippen MR) is 83.8 cm³/mol. The van der Waals surface area contributed by atoms with E-state index in [0.717, 1.165) is 10.6 Å². The van der Waals surface area contributed by atoms with Crippen LogP contribution in [0.5, 0.6) is 0 Å². The van der Waals surface area contributed by atoms with E-state index in [1.807, 2.05) is 0 Å². The molecule has 1 amide bonds. The number of sulfonamides is 1. The SMILES string of the molecule is CS(=O)(=O)N(CC(=O)NC1CCS(=O)(=O)C1)c1ccccc1. The van der Waals surface area contributed by atoms with Crippen molar-refractivity contribution >= 4 is 31.5 Å². The van der Waals surface area contributed by atoms with Crippen molar-refractivity contribution in [3.63, 3.8) is 0 Å².